The monoisotopic (exact) mass is 146 g/mol. The molecule has 10 heavy (non-hydrogen) atoms. The van der Waals surface area contributed by atoms with Crippen molar-refractivity contribution in [2.75, 3.05) is 13.2 Å². The van der Waals surface area contributed by atoms with Crippen molar-refractivity contribution < 1.29 is 19.7 Å². The molecule has 0 spiro atoms. The molecule has 0 aromatic carbocycles. The molecular formula is C6H10O4. The van der Waals surface area contributed by atoms with Crippen molar-refractivity contribution in [3.8, 4) is 0 Å². The van der Waals surface area contributed by atoms with Crippen molar-refractivity contribution in [1.29, 1.82) is 0 Å². The van der Waals surface area contributed by atoms with Crippen molar-refractivity contribution in [2.45, 2.75) is 24.4 Å². The first kappa shape index (κ1) is 6.54. The maximum absolute atomic E-state index is 9.27. The highest BCUT2D eigenvalue weighted by Crippen LogP contribution is 2.25. The fourth-order valence-corrected chi connectivity index (χ4v) is 1.42. The summed E-state index contributed by atoms with van der Waals surface area (Å²) in [6, 6.07) is 0. The van der Waals surface area contributed by atoms with Gasteiger partial charge in [0.15, 0.2) is 0 Å². The quantitative estimate of drug-likeness (QED) is 0.437. The summed E-state index contributed by atoms with van der Waals surface area (Å²) in [7, 11) is 0. The van der Waals surface area contributed by atoms with E-state index in [0.717, 1.165) is 0 Å². The standard InChI is InChI=1S/C6H10O4/c7-3-1-9-4-2-10-6(3)5(4)8/h3-8H,1-2H2/t3-,4-,5-,6+/m1/s1. The van der Waals surface area contributed by atoms with Crippen LogP contribution in [0.3, 0.4) is 0 Å². The Kier molecular flexibility index (Phi) is 1.42. The zero-order valence-corrected chi connectivity index (χ0v) is 5.43. The van der Waals surface area contributed by atoms with Crippen molar-refractivity contribution in [3.63, 3.8) is 0 Å². The molecule has 2 saturated heterocycles. The summed E-state index contributed by atoms with van der Waals surface area (Å²) >= 11 is 0. The highest BCUT2D eigenvalue weighted by molar-refractivity contribution is 4.92. The number of aliphatic hydroxyl groups excluding tert-OH is 2. The molecule has 2 fully saturated rings. The molecule has 0 saturated carbocycles. The average molecular weight is 146 g/mol. The fourth-order valence-electron chi connectivity index (χ4n) is 1.42. The van der Waals surface area contributed by atoms with Gasteiger partial charge in [0, 0.05) is 0 Å². The lowest BCUT2D eigenvalue weighted by atomic mass is 10.0. The molecule has 0 amide bonds. The number of fused-ring (bicyclic) bond motifs is 2. The van der Waals surface area contributed by atoms with E-state index in [-0.39, 0.29) is 12.7 Å². The maximum atomic E-state index is 9.27. The Hall–Kier alpha value is -0.160. The van der Waals surface area contributed by atoms with Gasteiger partial charge in [0.25, 0.3) is 0 Å². The second-order valence-electron chi connectivity index (χ2n) is 2.73. The van der Waals surface area contributed by atoms with Crippen LogP contribution in [0.15, 0.2) is 0 Å². The molecule has 0 aromatic rings. The molecule has 58 valence electrons. The van der Waals surface area contributed by atoms with Gasteiger partial charge in [-0.3, -0.25) is 0 Å². The maximum Gasteiger partial charge on any atom is 0.114 e. The first-order chi connectivity index (χ1) is 4.79. The highest BCUT2D eigenvalue weighted by Gasteiger charge is 2.45. The Morgan fingerprint density at radius 3 is 2.60 bits per heavy atom. The number of aliphatic hydroxyl groups is 2. The Morgan fingerprint density at radius 2 is 1.90 bits per heavy atom. The molecule has 2 heterocycles. The molecule has 2 bridgehead atoms. The van der Waals surface area contributed by atoms with Crippen molar-refractivity contribution in [3.05, 3.63) is 0 Å². The lowest BCUT2D eigenvalue weighted by molar-refractivity contribution is -0.126. The molecule has 2 aliphatic heterocycles. The topological polar surface area (TPSA) is 58.9 Å². The molecular weight excluding hydrogens is 136 g/mol. The van der Waals surface area contributed by atoms with Gasteiger partial charge in [0.1, 0.15) is 24.4 Å². The Balaban J connectivity index is 2.13. The molecule has 4 atom stereocenters. The van der Waals surface area contributed by atoms with E-state index in [1.807, 2.05) is 0 Å². The van der Waals surface area contributed by atoms with Crippen molar-refractivity contribution in [1.82, 2.24) is 0 Å². The normalized spacial score (nSPS) is 53.4. The third kappa shape index (κ3) is 0.769. The third-order valence-corrected chi connectivity index (χ3v) is 2.03. The van der Waals surface area contributed by atoms with Gasteiger partial charge in [-0.1, -0.05) is 0 Å². The van der Waals surface area contributed by atoms with E-state index < -0.39 is 18.3 Å². The van der Waals surface area contributed by atoms with E-state index in [9.17, 15) is 5.11 Å². The van der Waals surface area contributed by atoms with Gasteiger partial charge in [-0.05, 0) is 0 Å². The summed E-state index contributed by atoms with van der Waals surface area (Å²) in [5.74, 6) is 0. The van der Waals surface area contributed by atoms with Crippen LogP contribution >= 0.6 is 0 Å². The van der Waals surface area contributed by atoms with Crippen LogP contribution < -0.4 is 0 Å². The minimum Gasteiger partial charge on any atom is -0.388 e. The van der Waals surface area contributed by atoms with Crippen LogP contribution in [-0.4, -0.2) is 47.8 Å². The number of hydrogen-bond acceptors (Lipinski definition) is 4. The first-order valence-electron chi connectivity index (χ1n) is 3.38. The van der Waals surface area contributed by atoms with Crippen LogP contribution in [0.2, 0.25) is 0 Å². The SMILES string of the molecule is O[C@H]1[C@H]2OC[C@H]1OC[C@H]2O. The summed E-state index contributed by atoms with van der Waals surface area (Å²) in [5, 5.41) is 18.4. The van der Waals surface area contributed by atoms with Crippen molar-refractivity contribution >= 4 is 0 Å². The molecule has 2 aliphatic rings. The molecule has 4 nitrogen and oxygen atoms in total. The summed E-state index contributed by atoms with van der Waals surface area (Å²) < 4.78 is 10.1. The molecule has 0 aromatic heterocycles. The minimum absolute atomic E-state index is 0.214. The summed E-state index contributed by atoms with van der Waals surface area (Å²) in [6.45, 7) is 0.690. The molecule has 2 rings (SSSR count). The molecule has 0 aliphatic carbocycles. The van der Waals surface area contributed by atoms with Gasteiger partial charge in [-0.15, -0.1) is 0 Å². The predicted octanol–water partition coefficient (Wildman–Crippen LogP) is -1.49. The van der Waals surface area contributed by atoms with Crippen LogP contribution in [0.1, 0.15) is 0 Å². The van der Waals surface area contributed by atoms with Gasteiger partial charge >= 0.3 is 0 Å². The lowest BCUT2D eigenvalue weighted by Crippen LogP contribution is -2.47. The zero-order valence-electron chi connectivity index (χ0n) is 5.43. The minimum atomic E-state index is -0.659. The number of ether oxygens (including phenoxy) is 2. The zero-order chi connectivity index (χ0) is 7.14. The Morgan fingerprint density at radius 1 is 1.10 bits per heavy atom. The molecule has 0 radical (unpaired) electrons. The van der Waals surface area contributed by atoms with E-state index >= 15 is 0 Å². The third-order valence-electron chi connectivity index (χ3n) is 2.03. The molecule has 2 N–H and O–H groups in total. The van der Waals surface area contributed by atoms with Crippen LogP contribution in [0.5, 0.6) is 0 Å². The van der Waals surface area contributed by atoms with E-state index in [4.69, 9.17) is 14.6 Å². The molecule has 0 unspecified atom stereocenters. The van der Waals surface area contributed by atoms with Crippen LogP contribution in [0.4, 0.5) is 0 Å². The molecule has 4 heteroatoms. The summed E-state index contributed by atoms with van der Waals surface area (Å²) in [4.78, 5) is 0. The van der Waals surface area contributed by atoms with Gasteiger partial charge < -0.3 is 19.7 Å². The Labute approximate surface area is 58.4 Å². The van der Waals surface area contributed by atoms with Crippen LogP contribution in [0, 0.1) is 0 Å². The van der Waals surface area contributed by atoms with Crippen LogP contribution in [0.25, 0.3) is 0 Å². The predicted molar refractivity (Wildman–Crippen MR) is 31.5 cm³/mol. The highest BCUT2D eigenvalue weighted by atomic mass is 16.6. The largest absolute Gasteiger partial charge is 0.388 e. The van der Waals surface area contributed by atoms with Crippen LogP contribution in [-0.2, 0) is 9.47 Å². The van der Waals surface area contributed by atoms with Gasteiger partial charge in [0.2, 0.25) is 0 Å². The second kappa shape index (κ2) is 2.17. The number of rotatable bonds is 0. The van der Waals surface area contributed by atoms with Crippen molar-refractivity contribution in [2.24, 2.45) is 0 Å². The fraction of sp³-hybridized carbons (Fsp3) is 1.00. The number of hydrogen-bond donors (Lipinski definition) is 2. The first-order valence-corrected chi connectivity index (χ1v) is 3.38. The second-order valence-corrected chi connectivity index (χ2v) is 2.73. The summed E-state index contributed by atoms with van der Waals surface area (Å²) in [6.07, 6.45) is -1.93. The van der Waals surface area contributed by atoms with E-state index in [1.165, 1.54) is 0 Å². The van der Waals surface area contributed by atoms with E-state index in [1.54, 1.807) is 0 Å². The van der Waals surface area contributed by atoms with E-state index in [0.29, 0.717) is 6.61 Å². The lowest BCUT2D eigenvalue weighted by Gasteiger charge is -2.27. The van der Waals surface area contributed by atoms with Gasteiger partial charge in [-0.25, -0.2) is 0 Å². The Bertz CT molecular complexity index is 138. The smallest absolute Gasteiger partial charge is 0.114 e. The average Bonchev–Trinajstić information content (AvgIpc) is 2.13. The van der Waals surface area contributed by atoms with E-state index in [2.05, 4.69) is 0 Å². The van der Waals surface area contributed by atoms with Gasteiger partial charge in [-0.2, -0.15) is 0 Å². The summed E-state index contributed by atoms with van der Waals surface area (Å²) in [5.41, 5.74) is 0. The van der Waals surface area contributed by atoms with Gasteiger partial charge in [0.05, 0.1) is 13.2 Å².